The van der Waals surface area contributed by atoms with Gasteiger partial charge in [0.15, 0.2) is 17.5 Å². The van der Waals surface area contributed by atoms with Crippen LogP contribution in [0.25, 0.3) is 150 Å². The summed E-state index contributed by atoms with van der Waals surface area (Å²) in [5.74, 6) is 1.79. The molecule has 0 aliphatic carbocycles. The molecule has 0 atom stereocenters. The van der Waals surface area contributed by atoms with Crippen LogP contribution in [0.5, 0.6) is 0 Å². The monoisotopic (exact) mass is 1030 g/mol. The Kier molecular flexibility index (Phi) is 10.8. The van der Waals surface area contributed by atoms with Crippen LogP contribution in [-0.2, 0) is 0 Å². The first-order valence-electron chi connectivity index (χ1n) is 27.5. The van der Waals surface area contributed by atoms with Crippen LogP contribution in [0.4, 0.5) is 0 Å². The average molecular weight is 1030 g/mol. The van der Waals surface area contributed by atoms with Gasteiger partial charge in [-0.05, 0) is 124 Å². The van der Waals surface area contributed by atoms with Crippen LogP contribution in [0.15, 0.2) is 291 Å². The van der Waals surface area contributed by atoms with Gasteiger partial charge in [-0.3, -0.25) is 0 Å². The Morgan fingerprint density at radius 1 is 0.173 bits per heavy atom. The minimum atomic E-state index is 0.598. The van der Waals surface area contributed by atoms with Gasteiger partial charge >= 0.3 is 0 Å². The topological polar surface area (TPSA) is 53.5 Å². The highest BCUT2D eigenvalue weighted by atomic mass is 15.0. The van der Waals surface area contributed by atoms with Crippen LogP contribution in [0.1, 0.15) is 0 Å². The van der Waals surface area contributed by atoms with Gasteiger partial charge in [-0.2, -0.15) is 0 Å². The lowest BCUT2D eigenvalue weighted by Crippen LogP contribution is -2.00. The van der Waals surface area contributed by atoms with Crippen molar-refractivity contribution < 1.29 is 0 Å². The summed E-state index contributed by atoms with van der Waals surface area (Å²) in [6, 6.07) is 104. The van der Waals surface area contributed by atoms with E-state index in [4.69, 9.17) is 15.0 Å². The van der Waals surface area contributed by atoms with E-state index in [0.717, 1.165) is 67.1 Å². The molecular formula is C75H48N6. The van der Waals surface area contributed by atoms with Crippen LogP contribution in [0, 0.1) is 0 Å². The predicted molar refractivity (Wildman–Crippen MR) is 335 cm³/mol. The van der Waals surface area contributed by atoms with E-state index in [2.05, 4.69) is 305 Å². The first-order chi connectivity index (χ1) is 40.1. The highest BCUT2D eigenvalue weighted by Gasteiger charge is 2.18. The number of benzene rings is 12. The first-order valence-corrected chi connectivity index (χ1v) is 27.5. The lowest BCUT2D eigenvalue weighted by atomic mass is 10.0. The third kappa shape index (κ3) is 7.83. The summed E-state index contributed by atoms with van der Waals surface area (Å²) in [6.07, 6.45) is 0. The van der Waals surface area contributed by atoms with Gasteiger partial charge in [-0.1, -0.05) is 200 Å². The van der Waals surface area contributed by atoms with Gasteiger partial charge in [0.25, 0.3) is 0 Å². The van der Waals surface area contributed by atoms with Crippen molar-refractivity contribution in [3.05, 3.63) is 291 Å². The molecule has 0 aliphatic heterocycles. The van der Waals surface area contributed by atoms with E-state index in [0.29, 0.717) is 17.5 Å². The van der Waals surface area contributed by atoms with Crippen LogP contribution >= 0.6 is 0 Å². The molecule has 81 heavy (non-hydrogen) atoms. The molecule has 6 heteroatoms. The zero-order chi connectivity index (χ0) is 53.4. The molecular weight excluding hydrogens is 985 g/mol. The number of fused-ring (bicyclic) bond motifs is 9. The Morgan fingerprint density at radius 3 is 0.617 bits per heavy atom. The summed E-state index contributed by atoms with van der Waals surface area (Å²) >= 11 is 0. The summed E-state index contributed by atoms with van der Waals surface area (Å²) in [5.41, 5.74) is 19.7. The molecule has 0 spiro atoms. The normalized spacial score (nSPS) is 11.7. The second-order valence-electron chi connectivity index (χ2n) is 20.8. The summed E-state index contributed by atoms with van der Waals surface area (Å²) in [5, 5.41) is 7.47. The fraction of sp³-hybridized carbons (Fsp3) is 0. The van der Waals surface area contributed by atoms with Crippen molar-refractivity contribution in [2.75, 3.05) is 0 Å². The van der Waals surface area contributed by atoms with Crippen molar-refractivity contribution in [2.24, 2.45) is 0 Å². The van der Waals surface area contributed by atoms with E-state index in [1.165, 1.54) is 65.4 Å². The maximum atomic E-state index is 5.31. The fourth-order valence-electron chi connectivity index (χ4n) is 12.3. The number of hydrogen-bond donors (Lipinski definition) is 0. The van der Waals surface area contributed by atoms with Gasteiger partial charge in [0.2, 0.25) is 0 Å². The van der Waals surface area contributed by atoms with Gasteiger partial charge in [-0.15, -0.1) is 0 Å². The second kappa shape index (κ2) is 18.9. The van der Waals surface area contributed by atoms with Gasteiger partial charge in [0.05, 0.1) is 33.1 Å². The smallest absolute Gasteiger partial charge is 0.164 e. The van der Waals surface area contributed by atoms with E-state index < -0.39 is 0 Å². The quantitative estimate of drug-likeness (QED) is 0.145. The maximum Gasteiger partial charge on any atom is 0.164 e. The Labute approximate surface area is 467 Å². The van der Waals surface area contributed by atoms with Crippen molar-refractivity contribution >= 4 is 65.4 Å². The lowest BCUT2D eigenvalue weighted by molar-refractivity contribution is 1.07. The van der Waals surface area contributed by atoms with Crippen LogP contribution in [0.2, 0.25) is 0 Å². The molecule has 0 amide bonds. The third-order valence-corrected chi connectivity index (χ3v) is 16.1. The molecule has 0 fully saturated rings. The minimum absolute atomic E-state index is 0.598. The molecule has 16 aromatic rings. The van der Waals surface area contributed by atoms with Gasteiger partial charge in [-0.25, -0.2) is 15.0 Å². The van der Waals surface area contributed by atoms with E-state index in [9.17, 15) is 0 Å². The average Bonchev–Trinajstić information content (AvgIpc) is 4.25. The van der Waals surface area contributed by atoms with E-state index in [1.54, 1.807) is 0 Å². The lowest BCUT2D eigenvalue weighted by Gasteiger charge is -2.13. The number of aromatic nitrogens is 6. The van der Waals surface area contributed by atoms with E-state index in [-0.39, 0.29) is 0 Å². The van der Waals surface area contributed by atoms with Gasteiger partial charge < -0.3 is 13.7 Å². The summed E-state index contributed by atoms with van der Waals surface area (Å²) in [7, 11) is 0. The highest BCUT2D eigenvalue weighted by Crippen LogP contribution is 2.38. The zero-order valence-electron chi connectivity index (χ0n) is 43.9. The van der Waals surface area contributed by atoms with Crippen LogP contribution < -0.4 is 0 Å². The SMILES string of the molecule is c1cc(-c2ccc(-n3c4ccccc4c4ccccc43)cc2)cc(-c2nc(-c3cccc(-c4ccc(-n5c6ccccc6c6ccccc65)cc4)c3)nc(-c3cccc(-c4ccc(-n5c6ccccc6c6ccccc65)cc4)c3)n2)c1. The fourth-order valence-corrected chi connectivity index (χ4v) is 12.3. The Bertz CT molecular complexity index is 4420. The molecule has 4 aromatic heterocycles. The molecule has 0 N–H and O–H groups in total. The molecule has 12 aromatic carbocycles. The summed E-state index contributed by atoms with van der Waals surface area (Å²) < 4.78 is 7.06. The standard InChI is InChI=1S/C75H48N6/c1-7-28-67-61(22-1)62-23-2-8-29-68(62)79(67)58-40-34-49(35-41-58)52-16-13-19-55(46-52)73-76-74(56-20-14-17-53(47-56)50-36-42-59(43-37-50)80-69-30-9-3-24-63(69)64-25-4-10-31-70(64)80)78-75(77-73)57-21-15-18-54(48-57)51-38-44-60(45-39-51)81-71-32-11-5-26-65(71)66-27-6-12-33-72(66)81/h1-48H. The number of rotatable bonds is 9. The first kappa shape index (κ1) is 46.2. The van der Waals surface area contributed by atoms with Crippen molar-refractivity contribution in [3.63, 3.8) is 0 Å². The molecule has 0 bridgehead atoms. The Balaban J connectivity index is 0.775. The molecule has 4 heterocycles. The zero-order valence-corrected chi connectivity index (χ0v) is 43.9. The second-order valence-corrected chi connectivity index (χ2v) is 20.8. The third-order valence-electron chi connectivity index (χ3n) is 16.1. The summed E-state index contributed by atoms with van der Waals surface area (Å²) in [4.78, 5) is 15.9. The predicted octanol–water partition coefficient (Wildman–Crippen LogP) is 19.2. The van der Waals surface area contributed by atoms with Gasteiger partial charge in [0, 0.05) is 66.1 Å². The Morgan fingerprint density at radius 2 is 0.383 bits per heavy atom. The van der Waals surface area contributed by atoms with Crippen LogP contribution in [0.3, 0.4) is 0 Å². The van der Waals surface area contributed by atoms with Crippen molar-refractivity contribution in [2.45, 2.75) is 0 Å². The van der Waals surface area contributed by atoms with Crippen LogP contribution in [-0.4, -0.2) is 28.7 Å². The molecule has 0 saturated carbocycles. The molecule has 0 aliphatic rings. The molecule has 16 rings (SSSR count). The van der Waals surface area contributed by atoms with Gasteiger partial charge in [0.1, 0.15) is 0 Å². The van der Waals surface area contributed by atoms with Crippen molar-refractivity contribution in [1.82, 2.24) is 28.7 Å². The highest BCUT2D eigenvalue weighted by molar-refractivity contribution is 6.11. The van der Waals surface area contributed by atoms with Crippen molar-refractivity contribution in [1.29, 1.82) is 0 Å². The molecule has 6 nitrogen and oxygen atoms in total. The van der Waals surface area contributed by atoms with E-state index >= 15 is 0 Å². The summed E-state index contributed by atoms with van der Waals surface area (Å²) in [6.45, 7) is 0. The Hall–Kier alpha value is -11.0. The number of para-hydroxylation sites is 6. The number of nitrogens with zero attached hydrogens (tertiary/aromatic N) is 6. The number of hydrogen-bond acceptors (Lipinski definition) is 3. The molecule has 0 radical (unpaired) electrons. The molecule has 0 saturated heterocycles. The largest absolute Gasteiger partial charge is 0.309 e. The minimum Gasteiger partial charge on any atom is -0.309 e. The maximum absolute atomic E-state index is 5.31. The van der Waals surface area contributed by atoms with Crippen molar-refractivity contribution in [3.8, 4) is 84.6 Å². The van der Waals surface area contributed by atoms with E-state index in [1.807, 2.05) is 0 Å². The molecule has 378 valence electrons. The molecule has 0 unspecified atom stereocenters.